The number of alkyl halides is 3. The van der Waals surface area contributed by atoms with Crippen LogP contribution in [0, 0.1) is 11.3 Å². The zero-order chi connectivity index (χ0) is 18.3. The molecule has 0 aromatic heterocycles. The first-order valence-corrected chi connectivity index (χ1v) is 7.51. The Morgan fingerprint density at radius 1 is 1.08 bits per heavy atom. The van der Waals surface area contributed by atoms with E-state index in [0.29, 0.717) is 0 Å². The average Bonchev–Trinajstić information content (AvgIpc) is 3.12. The molecule has 0 spiro atoms. The predicted octanol–water partition coefficient (Wildman–Crippen LogP) is 1.34. The number of nitrogens with zero attached hydrogens (tertiary/aromatic N) is 1. The molecule has 0 unspecified atom stereocenters. The first-order chi connectivity index (χ1) is 10.9. The standard InChI is InChI=1S/C14H20F3N3O4/c1-12(2,3)24-11(23)20-6-8(7-20)9(21)18-19-10(22)13(4-5-13)14(15,16)17/h8H,4-7H2,1-3H3,(H,18,21)(H,19,22). The van der Waals surface area contributed by atoms with Gasteiger partial charge in [-0.3, -0.25) is 20.4 Å². The van der Waals surface area contributed by atoms with E-state index in [-0.39, 0.29) is 25.9 Å². The van der Waals surface area contributed by atoms with Crippen LogP contribution < -0.4 is 10.9 Å². The van der Waals surface area contributed by atoms with Crippen LogP contribution in [0.3, 0.4) is 0 Å². The van der Waals surface area contributed by atoms with Gasteiger partial charge in [-0.1, -0.05) is 0 Å². The van der Waals surface area contributed by atoms with Gasteiger partial charge < -0.3 is 9.64 Å². The topological polar surface area (TPSA) is 87.7 Å². The van der Waals surface area contributed by atoms with Crippen LogP contribution in [0.5, 0.6) is 0 Å². The molecule has 10 heteroatoms. The molecule has 7 nitrogen and oxygen atoms in total. The molecule has 2 fully saturated rings. The number of rotatable bonds is 2. The molecule has 0 aromatic rings. The number of carbonyl (C=O) groups is 3. The first kappa shape index (κ1) is 18.3. The summed E-state index contributed by atoms with van der Waals surface area (Å²) in [5.74, 6) is -2.49. The van der Waals surface area contributed by atoms with Crippen molar-refractivity contribution in [1.82, 2.24) is 15.8 Å². The third kappa shape index (κ3) is 3.73. The molecular formula is C14H20F3N3O4. The van der Waals surface area contributed by atoms with Crippen molar-refractivity contribution < 1.29 is 32.3 Å². The monoisotopic (exact) mass is 351 g/mol. The third-order valence-electron chi connectivity index (χ3n) is 3.93. The van der Waals surface area contributed by atoms with E-state index in [1.54, 1.807) is 20.8 Å². The number of ether oxygens (including phenoxy) is 1. The summed E-state index contributed by atoms with van der Waals surface area (Å²) in [5.41, 5.74) is 0.778. The minimum atomic E-state index is -4.63. The van der Waals surface area contributed by atoms with Crippen molar-refractivity contribution in [1.29, 1.82) is 0 Å². The van der Waals surface area contributed by atoms with Crippen LogP contribution in [-0.2, 0) is 14.3 Å². The van der Waals surface area contributed by atoms with Crippen LogP contribution in [0.4, 0.5) is 18.0 Å². The van der Waals surface area contributed by atoms with Gasteiger partial charge in [-0.05, 0) is 33.6 Å². The summed E-state index contributed by atoms with van der Waals surface area (Å²) in [6, 6.07) is 0. The van der Waals surface area contributed by atoms with Crippen molar-refractivity contribution in [2.24, 2.45) is 11.3 Å². The number of hydrogen-bond acceptors (Lipinski definition) is 4. The third-order valence-corrected chi connectivity index (χ3v) is 3.93. The summed E-state index contributed by atoms with van der Waals surface area (Å²) in [6.07, 6.45) is -5.77. The number of hydrogen-bond donors (Lipinski definition) is 2. The van der Waals surface area contributed by atoms with Crippen LogP contribution in [-0.4, -0.2) is 47.7 Å². The Morgan fingerprint density at radius 2 is 1.62 bits per heavy atom. The van der Waals surface area contributed by atoms with Gasteiger partial charge in [0, 0.05) is 13.1 Å². The lowest BCUT2D eigenvalue weighted by Gasteiger charge is -2.38. The largest absolute Gasteiger partial charge is 0.444 e. The highest BCUT2D eigenvalue weighted by Crippen LogP contribution is 2.57. The summed E-state index contributed by atoms with van der Waals surface area (Å²) in [7, 11) is 0. The number of likely N-dealkylation sites (tertiary alicyclic amines) is 1. The molecule has 1 saturated carbocycles. The van der Waals surface area contributed by atoms with Crippen molar-refractivity contribution >= 4 is 17.9 Å². The zero-order valence-electron chi connectivity index (χ0n) is 13.6. The van der Waals surface area contributed by atoms with E-state index in [0.717, 1.165) is 0 Å². The molecule has 24 heavy (non-hydrogen) atoms. The molecule has 2 aliphatic rings. The Hall–Kier alpha value is -2.00. The lowest BCUT2D eigenvalue weighted by Crippen LogP contribution is -2.59. The van der Waals surface area contributed by atoms with Crippen LogP contribution in [0.25, 0.3) is 0 Å². The van der Waals surface area contributed by atoms with Gasteiger partial charge in [-0.15, -0.1) is 0 Å². The highest BCUT2D eigenvalue weighted by molar-refractivity contribution is 5.89. The average molecular weight is 351 g/mol. The van der Waals surface area contributed by atoms with Crippen LogP contribution in [0.2, 0.25) is 0 Å². The highest BCUT2D eigenvalue weighted by atomic mass is 19.4. The lowest BCUT2D eigenvalue weighted by atomic mass is 10.0. The normalized spacial score (nSPS) is 20.0. The van der Waals surface area contributed by atoms with E-state index in [1.807, 2.05) is 10.9 Å². The van der Waals surface area contributed by atoms with Crippen LogP contribution >= 0.6 is 0 Å². The van der Waals surface area contributed by atoms with Gasteiger partial charge in [0.2, 0.25) is 5.91 Å². The summed E-state index contributed by atoms with van der Waals surface area (Å²) in [6.45, 7) is 5.29. The maximum atomic E-state index is 12.8. The lowest BCUT2D eigenvalue weighted by molar-refractivity contribution is -0.193. The van der Waals surface area contributed by atoms with Crippen LogP contribution in [0.15, 0.2) is 0 Å². The molecule has 1 aliphatic heterocycles. The van der Waals surface area contributed by atoms with Gasteiger partial charge in [-0.2, -0.15) is 13.2 Å². The molecule has 0 atom stereocenters. The molecule has 2 rings (SSSR count). The second-order valence-electron chi connectivity index (χ2n) is 7.11. The van der Waals surface area contributed by atoms with Crippen LogP contribution in [0.1, 0.15) is 33.6 Å². The Balaban J connectivity index is 1.74. The van der Waals surface area contributed by atoms with Gasteiger partial charge in [0.05, 0.1) is 5.92 Å². The summed E-state index contributed by atoms with van der Waals surface area (Å²) < 4.78 is 43.4. The molecule has 1 saturated heterocycles. The number of halogens is 3. The molecule has 0 aromatic carbocycles. The quantitative estimate of drug-likeness (QED) is 0.735. The predicted molar refractivity (Wildman–Crippen MR) is 75.3 cm³/mol. The summed E-state index contributed by atoms with van der Waals surface area (Å²) >= 11 is 0. The van der Waals surface area contributed by atoms with Crippen molar-refractivity contribution in [2.45, 2.75) is 45.4 Å². The summed E-state index contributed by atoms with van der Waals surface area (Å²) in [4.78, 5) is 36.4. The van der Waals surface area contributed by atoms with Crippen molar-refractivity contribution in [3.05, 3.63) is 0 Å². The fourth-order valence-electron chi connectivity index (χ4n) is 2.22. The first-order valence-electron chi connectivity index (χ1n) is 7.51. The Kier molecular flexibility index (Phi) is 4.45. The van der Waals surface area contributed by atoms with E-state index in [9.17, 15) is 27.6 Å². The summed E-state index contributed by atoms with van der Waals surface area (Å²) in [5, 5.41) is 0. The molecule has 2 N–H and O–H groups in total. The van der Waals surface area contributed by atoms with Crippen molar-refractivity contribution in [3.63, 3.8) is 0 Å². The number of carbonyl (C=O) groups excluding carboxylic acids is 3. The van der Waals surface area contributed by atoms with E-state index < -0.39 is 41.0 Å². The molecule has 0 radical (unpaired) electrons. The fourth-order valence-corrected chi connectivity index (χ4v) is 2.22. The van der Waals surface area contributed by atoms with E-state index >= 15 is 0 Å². The minimum Gasteiger partial charge on any atom is -0.444 e. The Labute approximate surface area is 136 Å². The van der Waals surface area contributed by atoms with Crippen molar-refractivity contribution in [2.75, 3.05) is 13.1 Å². The van der Waals surface area contributed by atoms with Gasteiger partial charge in [0.25, 0.3) is 5.91 Å². The fraction of sp³-hybridized carbons (Fsp3) is 0.786. The molecule has 0 bridgehead atoms. The Morgan fingerprint density at radius 3 is 2.04 bits per heavy atom. The number of hydrazine groups is 1. The molecule has 136 valence electrons. The number of amides is 3. The van der Waals surface area contributed by atoms with Crippen molar-refractivity contribution in [3.8, 4) is 0 Å². The molecular weight excluding hydrogens is 331 g/mol. The van der Waals surface area contributed by atoms with E-state index in [1.165, 1.54) is 4.90 Å². The minimum absolute atomic E-state index is 0.0844. The maximum Gasteiger partial charge on any atom is 0.410 e. The molecule has 3 amide bonds. The van der Waals surface area contributed by atoms with Gasteiger partial charge in [0.1, 0.15) is 11.0 Å². The smallest absolute Gasteiger partial charge is 0.410 e. The maximum absolute atomic E-state index is 12.8. The Bertz CT molecular complexity index is 546. The second-order valence-corrected chi connectivity index (χ2v) is 7.11. The highest BCUT2D eigenvalue weighted by Gasteiger charge is 2.68. The molecule has 1 heterocycles. The van der Waals surface area contributed by atoms with Gasteiger partial charge >= 0.3 is 12.3 Å². The van der Waals surface area contributed by atoms with Gasteiger partial charge in [0.15, 0.2) is 0 Å². The van der Waals surface area contributed by atoms with E-state index in [4.69, 9.17) is 4.74 Å². The number of nitrogens with one attached hydrogen (secondary N) is 2. The second kappa shape index (κ2) is 5.82. The SMILES string of the molecule is CC(C)(C)OC(=O)N1CC(C(=O)NNC(=O)C2(C(F)(F)F)CC2)C1. The van der Waals surface area contributed by atoms with Gasteiger partial charge in [-0.25, -0.2) is 4.79 Å². The zero-order valence-corrected chi connectivity index (χ0v) is 13.6. The van der Waals surface area contributed by atoms with E-state index in [2.05, 4.69) is 0 Å². The molecule has 1 aliphatic carbocycles.